The molecule has 2 amide bonds. The molecule has 0 spiro atoms. The van der Waals surface area contributed by atoms with Gasteiger partial charge >= 0.3 is 10.3 Å². The number of carbonyl (C=O) groups is 2. The number of nitrogens with zero attached hydrogens (tertiary/aromatic N) is 3. The maximum atomic E-state index is 12.3. The summed E-state index contributed by atoms with van der Waals surface area (Å²) in [7, 11) is -3.08. The number of aliphatic imine (C=N–C) groups is 1. The average molecular weight is 412 g/mol. The predicted octanol–water partition coefficient (Wildman–Crippen LogP) is 1.88. The average Bonchev–Trinajstić information content (AvgIpc) is 3.09. The van der Waals surface area contributed by atoms with E-state index in [1.165, 1.54) is 6.20 Å². The Morgan fingerprint density at radius 1 is 1.52 bits per heavy atom. The van der Waals surface area contributed by atoms with Crippen molar-refractivity contribution in [3.05, 3.63) is 34.1 Å². The lowest BCUT2D eigenvalue weighted by molar-refractivity contribution is -0.136. The van der Waals surface area contributed by atoms with Gasteiger partial charge in [0.1, 0.15) is 9.88 Å². The van der Waals surface area contributed by atoms with Crippen LogP contribution in [0.2, 0.25) is 0 Å². The first-order valence-corrected chi connectivity index (χ1v) is 10.3. The minimum atomic E-state index is -4.71. The van der Waals surface area contributed by atoms with Gasteiger partial charge in [-0.3, -0.25) is 19.1 Å². The van der Waals surface area contributed by atoms with E-state index in [4.69, 9.17) is 0 Å². The van der Waals surface area contributed by atoms with Crippen LogP contribution in [0.1, 0.15) is 41.4 Å². The van der Waals surface area contributed by atoms with Crippen molar-refractivity contribution in [1.82, 2.24) is 14.6 Å². The Bertz CT molecular complexity index is 930. The minimum absolute atomic E-state index is 0.0368. The number of amides is 2. The van der Waals surface area contributed by atoms with Crippen LogP contribution in [0.25, 0.3) is 5.57 Å². The summed E-state index contributed by atoms with van der Waals surface area (Å²) in [5.74, 6) is -1.89. The zero-order valence-corrected chi connectivity index (χ0v) is 16.7. The van der Waals surface area contributed by atoms with E-state index in [0.717, 1.165) is 23.1 Å². The molecule has 1 aliphatic rings. The van der Waals surface area contributed by atoms with Gasteiger partial charge in [-0.05, 0) is 13.3 Å². The van der Waals surface area contributed by atoms with Gasteiger partial charge in [0.25, 0.3) is 11.8 Å². The van der Waals surface area contributed by atoms with Crippen molar-refractivity contribution in [3.63, 3.8) is 0 Å². The maximum absolute atomic E-state index is 12.3. The molecule has 0 aromatic carbocycles. The predicted molar refractivity (Wildman–Crippen MR) is 103 cm³/mol. The lowest BCUT2D eigenvalue weighted by atomic mass is 9.92. The van der Waals surface area contributed by atoms with E-state index >= 15 is 0 Å². The molecule has 9 nitrogen and oxygen atoms in total. The molecule has 1 fully saturated rings. The number of carbonyl (C=O) groups excluding carboxylic acids is 2. The summed E-state index contributed by atoms with van der Waals surface area (Å²) in [6.45, 7) is 3.67. The van der Waals surface area contributed by atoms with Crippen LogP contribution in [0, 0.1) is 5.92 Å². The van der Waals surface area contributed by atoms with Crippen LogP contribution < -0.4 is 5.32 Å². The molecule has 0 saturated carbocycles. The Labute approximate surface area is 161 Å². The molecule has 2 N–H and O–H groups in total. The molecule has 1 aliphatic heterocycles. The maximum Gasteiger partial charge on any atom is 0.366 e. The van der Waals surface area contributed by atoms with Crippen LogP contribution in [0.5, 0.6) is 0 Å². The fraction of sp³-hybridized carbons (Fsp3) is 0.375. The van der Waals surface area contributed by atoms with Crippen molar-refractivity contribution in [2.24, 2.45) is 10.9 Å². The quantitative estimate of drug-likeness (QED) is 0.400. The van der Waals surface area contributed by atoms with Gasteiger partial charge in [0, 0.05) is 25.0 Å². The summed E-state index contributed by atoms with van der Waals surface area (Å²) in [6.07, 6.45) is 7.04. The summed E-state index contributed by atoms with van der Waals surface area (Å²) >= 11 is 1.15. The van der Waals surface area contributed by atoms with E-state index < -0.39 is 28.0 Å². The Kier molecular flexibility index (Phi) is 6.63. The smallest absolute Gasteiger partial charge is 0.326 e. The summed E-state index contributed by atoms with van der Waals surface area (Å²) in [5, 5.41) is 3.08. The number of aromatic nitrogens is 1. The van der Waals surface area contributed by atoms with Crippen molar-refractivity contribution in [2.45, 2.75) is 26.7 Å². The number of hydrogen-bond acceptors (Lipinski definition) is 7. The molecule has 11 heteroatoms. The molecule has 27 heavy (non-hydrogen) atoms. The molecule has 146 valence electrons. The number of β-lactam (4-membered cyclic amide) rings is 1. The normalized spacial score (nSPS) is 19.6. The Hall–Kier alpha value is -2.37. The van der Waals surface area contributed by atoms with Crippen LogP contribution in [0.3, 0.4) is 0 Å². The number of allylic oxidation sites excluding steroid dienone is 2. The molecule has 1 unspecified atom stereocenters. The third-order valence-corrected chi connectivity index (χ3v) is 5.70. The van der Waals surface area contributed by atoms with Gasteiger partial charge in [-0.25, -0.2) is 4.98 Å². The van der Waals surface area contributed by atoms with Crippen molar-refractivity contribution in [3.8, 4) is 0 Å². The fourth-order valence-corrected chi connectivity index (χ4v) is 4.21. The Morgan fingerprint density at radius 2 is 2.22 bits per heavy atom. The summed E-state index contributed by atoms with van der Waals surface area (Å²) in [4.78, 5) is 32.6. The van der Waals surface area contributed by atoms with Gasteiger partial charge in [0.15, 0.2) is 0 Å². The summed E-state index contributed by atoms with van der Waals surface area (Å²) in [6, 6.07) is 0. The number of thiazole rings is 1. The first-order valence-electron chi connectivity index (χ1n) is 8.11. The second-order valence-corrected chi connectivity index (χ2v) is 7.92. The van der Waals surface area contributed by atoms with E-state index in [1.54, 1.807) is 13.3 Å². The highest BCUT2D eigenvalue weighted by molar-refractivity contribution is 7.84. The molecule has 0 aliphatic carbocycles. The van der Waals surface area contributed by atoms with Gasteiger partial charge < -0.3 is 5.32 Å². The molecule has 2 heterocycles. The van der Waals surface area contributed by atoms with Crippen molar-refractivity contribution in [2.75, 3.05) is 7.05 Å². The van der Waals surface area contributed by atoms with E-state index in [9.17, 15) is 22.6 Å². The van der Waals surface area contributed by atoms with Crippen LogP contribution in [-0.4, -0.2) is 47.3 Å². The first-order chi connectivity index (χ1) is 12.7. The van der Waals surface area contributed by atoms with Gasteiger partial charge in [0.05, 0.1) is 17.8 Å². The molecule has 2 rings (SSSR count). The van der Waals surface area contributed by atoms with Gasteiger partial charge in [-0.2, -0.15) is 12.7 Å². The SMILES string of the molecule is C/C=C(\C=NC)c1ncc(C(=O)N/C=C2/C(CCC)C(=O)N2S(=O)(=O)O)s1. The molecular weight excluding hydrogens is 392 g/mol. The largest absolute Gasteiger partial charge is 0.366 e. The summed E-state index contributed by atoms with van der Waals surface area (Å²) in [5.41, 5.74) is 0.805. The zero-order valence-electron chi connectivity index (χ0n) is 15.0. The highest BCUT2D eigenvalue weighted by Crippen LogP contribution is 2.35. The topological polar surface area (TPSA) is 129 Å². The first kappa shape index (κ1) is 20.9. The van der Waals surface area contributed by atoms with Crippen LogP contribution in [-0.2, 0) is 15.1 Å². The summed E-state index contributed by atoms with van der Waals surface area (Å²) < 4.78 is 32.2. The van der Waals surface area contributed by atoms with Crippen LogP contribution >= 0.6 is 11.3 Å². The molecule has 1 atom stereocenters. The third kappa shape index (κ3) is 4.49. The number of rotatable bonds is 7. The van der Waals surface area contributed by atoms with Gasteiger partial charge in [0.2, 0.25) is 0 Å². The van der Waals surface area contributed by atoms with Crippen molar-refractivity contribution >= 4 is 45.2 Å². The lowest BCUT2D eigenvalue weighted by Crippen LogP contribution is -2.53. The van der Waals surface area contributed by atoms with E-state index in [2.05, 4.69) is 15.3 Å². The highest BCUT2D eigenvalue weighted by Gasteiger charge is 2.48. The van der Waals surface area contributed by atoms with E-state index in [-0.39, 0.29) is 5.70 Å². The lowest BCUT2D eigenvalue weighted by Gasteiger charge is -2.38. The molecule has 1 aromatic heterocycles. The minimum Gasteiger partial charge on any atom is -0.326 e. The van der Waals surface area contributed by atoms with Crippen LogP contribution in [0.15, 0.2) is 29.2 Å². The molecule has 0 radical (unpaired) electrons. The van der Waals surface area contributed by atoms with E-state index in [1.807, 2.05) is 19.9 Å². The molecular formula is C16H20N4O5S2. The highest BCUT2D eigenvalue weighted by atomic mass is 32.2. The third-order valence-electron chi connectivity index (χ3n) is 3.80. The zero-order chi connectivity index (χ0) is 20.2. The van der Waals surface area contributed by atoms with E-state index in [0.29, 0.717) is 27.0 Å². The Morgan fingerprint density at radius 3 is 2.78 bits per heavy atom. The van der Waals surface area contributed by atoms with Crippen molar-refractivity contribution in [1.29, 1.82) is 0 Å². The fourth-order valence-electron chi connectivity index (χ4n) is 2.55. The Balaban J connectivity index is 2.19. The molecule has 1 saturated heterocycles. The van der Waals surface area contributed by atoms with Gasteiger partial charge in [-0.1, -0.05) is 19.4 Å². The second kappa shape index (κ2) is 8.55. The molecule has 1 aromatic rings. The monoisotopic (exact) mass is 412 g/mol. The number of nitrogens with one attached hydrogen (secondary N) is 1. The van der Waals surface area contributed by atoms with Crippen molar-refractivity contribution < 1.29 is 22.6 Å². The second-order valence-electron chi connectivity index (χ2n) is 5.63. The number of hydrogen-bond donors (Lipinski definition) is 2. The standard InChI is InChI=1S/C16H20N4O5S2/c1-4-6-11-12(20(16(11)22)27(23,24)25)8-18-14(21)13-9-19-15(26-13)10(5-2)7-17-3/h5,7-9,11H,4,6H2,1-3H3,(H,18,21)(H,23,24,25)/b10-5+,12-8-,17-7?. The van der Waals surface area contributed by atoms with Crippen LogP contribution in [0.4, 0.5) is 0 Å². The molecule has 0 bridgehead atoms. The van der Waals surface area contributed by atoms with Gasteiger partial charge in [-0.15, -0.1) is 11.3 Å².